The van der Waals surface area contributed by atoms with Gasteiger partial charge in [-0.3, -0.25) is 9.59 Å². The summed E-state index contributed by atoms with van der Waals surface area (Å²) in [5.74, 6) is 0.247. The lowest BCUT2D eigenvalue weighted by Crippen LogP contribution is -2.26. The van der Waals surface area contributed by atoms with Crippen LogP contribution in [0.15, 0.2) is 41.5 Å². The minimum Gasteiger partial charge on any atom is -0.504 e. The molecule has 1 aromatic carbocycles. The van der Waals surface area contributed by atoms with Gasteiger partial charge in [-0.2, -0.15) is 0 Å². The van der Waals surface area contributed by atoms with Crippen LogP contribution >= 0.6 is 0 Å². The van der Waals surface area contributed by atoms with E-state index in [0.717, 1.165) is 24.8 Å². The number of hydrogen-bond donors (Lipinski definition) is 2. The molecule has 0 spiro atoms. The standard InChI is InChI=1S/C26H35NO6/c1-17(2)22(29)10-9-18(3)7-6-8-19(4)11-14-33-25-23(32-5)15-20-21(24(25)30)16-27(12-13-28)26(20)31/h7,11,15,28,30H,1,6,8-10,12-14,16H2,2-5H3/b18-7+,19-11+. The van der Waals surface area contributed by atoms with Crippen LogP contribution in [-0.2, 0) is 11.3 Å². The number of rotatable bonds is 13. The smallest absolute Gasteiger partial charge is 0.254 e. The van der Waals surface area contributed by atoms with Crippen molar-refractivity contribution < 1.29 is 29.3 Å². The number of ketones is 1. The number of carbonyl (C=O) groups excluding carboxylic acids is 2. The molecule has 1 aliphatic rings. The molecule has 0 saturated heterocycles. The number of phenolic OH excluding ortho intramolecular Hbond substituents is 1. The fourth-order valence-electron chi connectivity index (χ4n) is 3.58. The van der Waals surface area contributed by atoms with Crippen molar-refractivity contribution in [3.63, 3.8) is 0 Å². The second kappa shape index (κ2) is 12.3. The molecule has 0 unspecified atom stereocenters. The van der Waals surface area contributed by atoms with Crippen LogP contribution in [0.3, 0.4) is 0 Å². The molecule has 0 aliphatic carbocycles. The Morgan fingerprint density at radius 2 is 1.88 bits per heavy atom. The summed E-state index contributed by atoms with van der Waals surface area (Å²) in [6.45, 7) is 9.99. The van der Waals surface area contributed by atoms with Gasteiger partial charge >= 0.3 is 0 Å². The second-order valence-electron chi connectivity index (χ2n) is 8.39. The van der Waals surface area contributed by atoms with E-state index in [0.29, 0.717) is 28.9 Å². The Labute approximate surface area is 196 Å². The summed E-state index contributed by atoms with van der Waals surface area (Å²) in [6.07, 6.45) is 7.05. The minimum atomic E-state index is -0.248. The van der Waals surface area contributed by atoms with Crippen LogP contribution in [-0.4, -0.2) is 53.7 Å². The van der Waals surface area contributed by atoms with Crippen LogP contribution in [0.2, 0.25) is 0 Å². The molecule has 180 valence electrons. The van der Waals surface area contributed by atoms with Gasteiger partial charge in [0.15, 0.2) is 17.3 Å². The predicted molar refractivity (Wildman–Crippen MR) is 128 cm³/mol. The van der Waals surface area contributed by atoms with Crippen LogP contribution in [0.25, 0.3) is 0 Å². The fourth-order valence-corrected chi connectivity index (χ4v) is 3.58. The molecular formula is C26H35NO6. The van der Waals surface area contributed by atoms with E-state index in [1.54, 1.807) is 13.0 Å². The summed E-state index contributed by atoms with van der Waals surface area (Å²) in [7, 11) is 1.46. The van der Waals surface area contributed by atoms with E-state index < -0.39 is 0 Å². The molecule has 0 aromatic heterocycles. The largest absolute Gasteiger partial charge is 0.504 e. The number of allylic oxidation sites excluding steroid dienone is 4. The predicted octanol–water partition coefficient (Wildman–Crippen LogP) is 4.33. The number of amides is 1. The zero-order chi connectivity index (χ0) is 24.5. The van der Waals surface area contributed by atoms with Gasteiger partial charge in [0.05, 0.1) is 25.8 Å². The number of ether oxygens (including phenoxy) is 2. The van der Waals surface area contributed by atoms with Crippen molar-refractivity contribution in [3.05, 3.63) is 52.6 Å². The van der Waals surface area contributed by atoms with Crippen LogP contribution in [0.5, 0.6) is 17.2 Å². The number of carbonyl (C=O) groups is 2. The van der Waals surface area contributed by atoms with E-state index in [2.05, 4.69) is 12.7 Å². The highest BCUT2D eigenvalue weighted by Crippen LogP contribution is 2.44. The maximum Gasteiger partial charge on any atom is 0.254 e. The van der Waals surface area contributed by atoms with Gasteiger partial charge in [-0.1, -0.05) is 23.8 Å². The summed E-state index contributed by atoms with van der Waals surface area (Å²) in [5, 5.41) is 19.9. The Hall–Kier alpha value is -3.06. The average Bonchev–Trinajstić information content (AvgIpc) is 3.09. The van der Waals surface area contributed by atoms with Gasteiger partial charge in [-0.05, 0) is 57.7 Å². The lowest BCUT2D eigenvalue weighted by atomic mass is 10.0. The Kier molecular flexibility index (Phi) is 9.73. The molecule has 1 aromatic rings. The Balaban J connectivity index is 1.95. The molecule has 33 heavy (non-hydrogen) atoms. The molecule has 1 amide bonds. The van der Waals surface area contributed by atoms with Gasteiger partial charge in [0, 0.05) is 18.5 Å². The SMILES string of the molecule is C=C(C)C(=O)CC/C(C)=C/CC/C(C)=C/COc1c(OC)cc2c(c1O)CN(CCO)C2=O. The minimum absolute atomic E-state index is 0.103. The summed E-state index contributed by atoms with van der Waals surface area (Å²) in [4.78, 5) is 25.6. The number of phenols is 1. The van der Waals surface area contributed by atoms with Crippen molar-refractivity contribution in [2.45, 2.75) is 53.0 Å². The molecule has 2 N–H and O–H groups in total. The molecule has 0 radical (unpaired) electrons. The summed E-state index contributed by atoms with van der Waals surface area (Å²) in [6, 6.07) is 1.58. The maximum atomic E-state index is 12.4. The number of benzene rings is 1. The van der Waals surface area contributed by atoms with Crippen LogP contribution in [0.4, 0.5) is 0 Å². The second-order valence-corrected chi connectivity index (χ2v) is 8.39. The first-order chi connectivity index (χ1) is 15.7. The number of hydrogen-bond acceptors (Lipinski definition) is 6. The van der Waals surface area contributed by atoms with Crippen molar-refractivity contribution in [2.24, 2.45) is 0 Å². The number of methoxy groups -OCH3 is 1. The van der Waals surface area contributed by atoms with Gasteiger partial charge in [0.2, 0.25) is 5.75 Å². The van der Waals surface area contributed by atoms with Crippen molar-refractivity contribution in [2.75, 3.05) is 26.9 Å². The third kappa shape index (κ3) is 6.96. The van der Waals surface area contributed by atoms with E-state index >= 15 is 0 Å². The zero-order valence-electron chi connectivity index (χ0n) is 20.1. The van der Waals surface area contributed by atoms with Crippen LogP contribution in [0.1, 0.15) is 62.4 Å². The van der Waals surface area contributed by atoms with Crippen molar-refractivity contribution in [1.82, 2.24) is 4.90 Å². The van der Waals surface area contributed by atoms with Crippen molar-refractivity contribution in [3.8, 4) is 17.2 Å². The lowest BCUT2D eigenvalue weighted by molar-refractivity contribution is -0.115. The summed E-state index contributed by atoms with van der Waals surface area (Å²) in [5.41, 5.74) is 3.77. The van der Waals surface area contributed by atoms with Gasteiger partial charge in [0.25, 0.3) is 5.91 Å². The molecule has 7 heteroatoms. The highest BCUT2D eigenvalue weighted by molar-refractivity contribution is 6.00. The van der Waals surface area contributed by atoms with Crippen molar-refractivity contribution >= 4 is 11.7 Å². The molecular weight excluding hydrogens is 422 g/mol. The number of β-amino-alcohol motifs (C(OH)–C–C–N with tert-alkyl or cyclic N) is 1. The Morgan fingerprint density at radius 3 is 2.52 bits per heavy atom. The summed E-state index contributed by atoms with van der Waals surface area (Å²) >= 11 is 0. The lowest BCUT2D eigenvalue weighted by Gasteiger charge is -2.14. The molecule has 7 nitrogen and oxygen atoms in total. The van der Waals surface area contributed by atoms with E-state index in [4.69, 9.17) is 14.6 Å². The van der Waals surface area contributed by atoms with E-state index in [-0.39, 0.29) is 49.5 Å². The normalized spacial score (nSPS) is 13.8. The first-order valence-electron chi connectivity index (χ1n) is 11.1. The highest BCUT2D eigenvalue weighted by Gasteiger charge is 2.33. The molecule has 1 aliphatic heterocycles. The highest BCUT2D eigenvalue weighted by atomic mass is 16.5. The third-order valence-corrected chi connectivity index (χ3v) is 5.70. The van der Waals surface area contributed by atoms with Crippen molar-refractivity contribution in [1.29, 1.82) is 0 Å². The fraction of sp³-hybridized carbons (Fsp3) is 0.462. The van der Waals surface area contributed by atoms with Gasteiger partial charge in [0.1, 0.15) is 6.61 Å². The van der Waals surface area contributed by atoms with E-state index in [1.807, 2.05) is 19.9 Å². The van der Waals surface area contributed by atoms with Crippen LogP contribution in [0, 0.1) is 0 Å². The third-order valence-electron chi connectivity index (χ3n) is 5.70. The average molecular weight is 458 g/mol. The maximum absolute atomic E-state index is 12.4. The first kappa shape index (κ1) is 26.2. The molecule has 1 heterocycles. The monoisotopic (exact) mass is 457 g/mol. The van der Waals surface area contributed by atoms with E-state index in [1.165, 1.54) is 17.6 Å². The number of Topliss-reactive ketones (excluding diaryl/α,β-unsaturated/α-hetero) is 1. The molecule has 0 atom stereocenters. The van der Waals surface area contributed by atoms with Gasteiger partial charge in [-0.15, -0.1) is 0 Å². The Bertz CT molecular complexity index is 960. The number of aromatic hydroxyl groups is 1. The van der Waals surface area contributed by atoms with Crippen LogP contribution < -0.4 is 9.47 Å². The molecule has 2 rings (SSSR count). The molecule has 0 saturated carbocycles. The van der Waals surface area contributed by atoms with Gasteiger partial charge < -0.3 is 24.6 Å². The first-order valence-corrected chi connectivity index (χ1v) is 11.1. The number of aliphatic hydroxyl groups excluding tert-OH is 1. The number of fused-ring (bicyclic) bond motifs is 1. The number of aliphatic hydroxyl groups is 1. The van der Waals surface area contributed by atoms with Gasteiger partial charge in [-0.25, -0.2) is 0 Å². The summed E-state index contributed by atoms with van der Waals surface area (Å²) < 4.78 is 11.1. The molecule has 0 fully saturated rings. The quantitative estimate of drug-likeness (QED) is 0.338. The molecule has 0 bridgehead atoms. The topological polar surface area (TPSA) is 96.3 Å². The zero-order valence-corrected chi connectivity index (χ0v) is 20.1. The van der Waals surface area contributed by atoms with E-state index in [9.17, 15) is 14.7 Å². The number of nitrogens with zero attached hydrogens (tertiary/aromatic N) is 1. The Morgan fingerprint density at radius 1 is 1.18 bits per heavy atom.